The van der Waals surface area contributed by atoms with E-state index in [2.05, 4.69) is 0 Å². The van der Waals surface area contributed by atoms with E-state index in [1.807, 2.05) is 0 Å². The molecule has 0 aliphatic rings. The summed E-state index contributed by atoms with van der Waals surface area (Å²) in [7, 11) is 0. The molecule has 0 spiro atoms. The first-order valence-corrected chi connectivity index (χ1v) is 6.70. The smallest absolute Gasteiger partial charge is 0.137 e. The van der Waals surface area contributed by atoms with Gasteiger partial charge in [-0.25, -0.2) is 4.39 Å². The number of hydrogen-bond acceptors (Lipinski definition) is 2. The maximum Gasteiger partial charge on any atom is 0.137 e. The third kappa shape index (κ3) is 2.98. The predicted molar refractivity (Wildman–Crippen MR) is 72.9 cm³/mol. The van der Waals surface area contributed by atoms with E-state index >= 15 is 0 Å². The fraction of sp³-hybridized carbons (Fsp3) is 0.0769. The summed E-state index contributed by atoms with van der Waals surface area (Å²) in [6.45, 7) is -0.207. The van der Waals surface area contributed by atoms with Gasteiger partial charge in [0.2, 0.25) is 0 Å². The fourth-order valence-electron chi connectivity index (χ4n) is 1.45. The normalized spacial score (nSPS) is 10.7. The molecule has 0 amide bonds. The molecule has 18 heavy (non-hydrogen) atoms. The minimum atomic E-state index is -0.363. The lowest BCUT2D eigenvalue weighted by atomic mass is 10.2. The molecule has 0 heterocycles. The van der Waals surface area contributed by atoms with Crippen LogP contribution >= 0.6 is 35.0 Å². The van der Waals surface area contributed by atoms with Crippen LogP contribution in [0.4, 0.5) is 4.39 Å². The van der Waals surface area contributed by atoms with Gasteiger partial charge in [-0.05, 0) is 29.8 Å². The molecular weight excluding hydrogens is 294 g/mol. The molecule has 0 aromatic heterocycles. The fourth-order valence-corrected chi connectivity index (χ4v) is 2.79. The van der Waals surface area contributed by atoms with Crippen LogP contribution in [0.2, 0.25) is 10.0 Å². The predicted octanol–water partition coefficient (Wildman–Crippen LogP) is 4.78. The summed E-state index contributed by atoms with van der Waals surface area (Å²) < 4.78 is 13.7. The molecular formula is C13H9Cl2FOS. The first-order valence-electron chi connectivity index (χ1n) is 5.13. The second-order valence-corrected chi connectivity index (χ2v) is 5.46. The molecule has 0 saturated carbocycles. The molecule has 0 fully saturated rings. The maximum absolute atomic E-state index is 13.7. The Labute approximate surface area is 119 Å². The Bertz CT molecular complexity index is 575. The number of halogens is 3. The molecule has 0 saturated heterocycles. The van der Waals surface area contributed by atoms with E-state index in [4.69, 9.17) is 23.2 Å². The van der Waals surface area contributed by atoms with Crippen molar-refractivity contribution in [1.29, 1.82) is 0 Å². The number of aliphatic hydroxyl groups is 1. The van der Waals surface area contributed by atoms with Crippen molar-refractivity contribution >= 4 is 35.0 Å². The Balaban J connectivity index is 2.36. The molecule has 94 valence electrons. The largest absolute Gasteiger partial charge is 0.392 e. The molecule has 0 bridgehead atoms. The van der Waals surface area contributed by atoms with Gasteiger partial charge in [-0.3, -0.25) is 0 Å². The highest BCUT2D eigenvalue weighted by molar-refractivity contribution is 7.99. The van der Waals surface area contributed by atoms with Crippen molar-refractivity contribution < 1.29 is 9.50 Å². The second-order valence-electron chi connectivity index (χ2n) is 3.56. The van der Waals surface area contributed by atoms with Crippen molar-refractivity contribution in [3.8, 4) is 0 Å². The van der Waals surface area contributed by atoms with Gasteiger partial charge in [0, 0.05) is 4.90 Å². The van der Waals surface area contributed by atoms with Crippen LogP contribution < -0.4 is 0 Å². The Morgan fingerprint density at radius 1 is 1.11 bits per heavy atom. The molecule has 0 unspecified atom stereocenters. The second kappa shape index (κ2) is 5.93. The van der Waals surface area contributed by atoms with Crippen LogP contribution in [-0.2, 0) is 6.61 Å². The number of aliphatic hydroxyl groups excluding tert-OH is 1. The minimum Gasteiger partial charge on any atom is -0.392 e. The lowest BCUT2D eigenvalue weighted by Crippen LogP contribution is -1.91. The highest BCUT2D eigenvalue weighted by Gasteiger charge is 2.10. The van der Waals surface area contributed by atoms with Crippen LogP contribution in [0.15, 0.2) is 46.2 Å². The maximum atomic E-state index is 13.7. The zero-order chi connectivity index (χ0) is 13.1. The summed E-state index contributed by atoms with van der Waals surface area (Å²) in [4.78, 5) is 1.17. The monoisotopic (exact) mass is 302 g/mol. The summed E-state index contributed by atoms with van der Waals surface area (Å²) in [6.07, 6.45) is 0. The topological polar surface area (TPSA) is 20.2 Å². The molecule has 2 rings (SSSR count). The van der Waals surface area contributed by atoms with Crippen LogP contribution in [0.25, 0.3) is 0 Å². The Kier molecular flexibility index (Phi) is 4.51. The van der Waals surface area contributed by atoms with Crippen molar-refractivity contribution in [2.24, 2.45) is 0 Å². The van der Waals surface area contributed by atoms with E-state index in [0.29, 0.717) is 20.5 Å². The van der Waals surface area contributed by atoms with E-state index in [1.165, 1.54) is 17.8 Å². The molecule has 0 atom stereocenters. The zero-order valence-corrected chi connectivity index (χ0v) is 11.5. The average Bonchev–Trinajstić information content (AvgIpc) is 2.36. The van der Waals surface area contributed by atoms with E-state index in [0.717, 1.165) is 4.90 Å². The lowest BCUT2D eigenvalue weighted by molar-refractivity contribution is 0.277. The minimum absolute atomic E-state index is 0.207. The van der Waals surface area contributed by atoms with Gasteiger partial charge in [0.05, 0.1) is 21.5 Å². The van der Waals surface area contributed by atoms with Crippen LogP contribution in [0, 0.1) is 5.82 Å². The molecule has 0 aliphatic heterocycles. The summed E-state index contributed by atoms with van der Waals surface area (Å²) in [5, 5.41) is 10.1. The summed E-state index contributed by atoms with van der Waals surface area (Å²) in [5.41, 5.74) is 0.547. The van der Waals surface area contributed by atoms with Crippen molar-refractivity contribution in [3.63, 3.8) is 0 Å². The highest BCUT2D eigenvalue weighted by atomic mass is 35.5. The van der Waals surface area contributed by atoms with E-state index < -0.39 is 0 Å². The van der Waals surface area contributed by atoms with Gasteiger partial charge in [0.1, 0.15) is 5.82 Å². The van der Waals surface area contributed by atoms with Gasteiger partial charge in [0.25, 0.3) is 0 Å². The van der Waals surface area contributed by atoms with E-state index in [-0.39, 0.29) is 12.4 Å². The third-order valence-electron chi connectivity index (χ3n) is 2.33. The standard InChI is InChI=1S/C13H9Cl2FOS/c14-10-5-4-9(6-11(10)15)18-13-8(7-17)2-1-3-12(13)16/h1-6,17H,7H2. The van der Waals surface area contributed by atoms with E-state index in [1.54, 1.807) is 30.3 Å². The van der Waals surface area contributed by atoms with Gasteiger partial charge >= 0.3 is 0 Å². The van der Waals surface area contributed by atoms with Gasteiger partial charge in [-0.2, -0.15) is 0 Å². The molecule has 1 N–H and O–H groups in total. The SMILES string of the molecule is OCc1cccc(F)c1Sc1ccc(Cl)c(Cl)c1. The molecule has 0 aliphatic carbocycles. The molecule has 2 aromatic carbocycles. The lowest BCUT2D eigenvalue weighted by Gasteiger charge is -2.08. The van der Waals surface area contributed by atoms with Crippen molar-refractivity contribution in [3.05, 3.63) is 57.8 Å². The zero-order valence-electron chi connectivity index (χ0n) is 9.16. The van der Waals surface area contributed by atoms with Crippen LogP contribution in [0.3, 0.4) is 0 Å². The number of hydrogen-bond donors (Lipinski definition) is 1. The number of rotatable bonds is 3. The first-order chi connectivity index (χ1) is 8.61. The quantitative estimate of drug-likeness (QED) is 0.881. The summed E-state index contributed by atoms with van der Waals surface area (Å²) in [5.74, 6) is -0.363. The number of benzene rings is 2. The highest BCUT2D eigenvalue weighted by Crippen LogP contribution is 2.35. The average molecular weight is 303 g/mol. The van der Waals surface area contributed by atoms with Crippen molar-refractivity contribution in [2.75, 3.05) is 0 Å². The van der Waals surface area contributed by atoms with Gasteiger partial charge in [-0.15, -0.1) is 0 Å². The molecule has 5 heteroatoms. The first kappa shape index (κ1) is 13.7. The van der Waals surface area contributed by atoms with Gasteiger partial charge in [0.15, 0.2) is 0 Å². The molecule has 2 aromatic rings. The molecule has 1 nitrogen and oxygen atoms in total. The van der Waals surface area contributed by atoms with Gasteiger partial charge in [-0.1, -0.05) is 47.1 Å². The van der Waals surface area contributed by atoms with E-state index in [9.17, 15) is 9.50 Å². The summed E-state index contributed by atoms with van der Waals surface area (Å²) >= 11 is 12.9. The van der Waals surface area contributed by atoms with Crippen LogP contribution in [0.1, 0.15) is 5.56 Å². The van der Waals surface area contributed by atoms with Crippen molar-refractivity contribution in [2.45, 2.75) is 16.4 Å². The Morgan fingerprint density at radius 3 is 2.56 bits per heavy atom. The molecule has 0 radical (unpaired) electrons. The van der Waals surface area contributed by atoms with Crippen LogP contribution in [-0.4, -0.2) is 5.11 Å². The Hall–Kier alpha value is -0.740. The summed E-state index contributed by atoms with van der Waals surface area (Å²) in [6, 6.07) is 9.70. The Morgan fingerprint density at radius 2 is 1.89 bits per heavy atom. The van der Waals surface area contributed by atoms with Gasteiger partial charge < -0.3 is 5.11 Å². The third-order valence-corrected chi connectivity index (χ3v) is 4.22. The van der Waals surface area contributed by atoms with Crippen molar-refractivity contribution in [1.82, 2.24) is 0 Å². The van der Waals surface area contributed by atoms with Crippen LogP contribution in [0.5, 0.6) is 0 Å².